The Morgan fingerprint density at radius 3 is 3.00 bits per heavy atom. The summed E-state index contributed by atoms with van der Waals surface area (Å²) in [5, 5.41) is 6.44. The standard InChI is InChI=1S/C8H10N2O2/c1-5-4-7(12-10-5)8(11)9-6-2-3-6/h4,6H,2-3H2,1H3,(H,9,11). The van der Waals surface area contributed by atoms with E-state index in [0.717, 1.165) is 18.5 Å². The van der Waals surface area contributed by atoms with Crippen LogP contribution in [0, 0.1) is 6.92 Å². The lowest BCUT2D eigenvalue weighted by molar-refractivity contribution is 0.0914. The molecule has 1 aromatic heterocycles. The van der Waals surface area contributed by atoms with Gasteiger partial charge >= 0.3 is 0 Å². The van der Waals surface area contributed by atoms with E-state index in [0.29, 0.717) is 11.8 Å². The van der Waals surface area contributed by atoms with Crippen LogP contribution in [0.5, 0.6) is 0 Å². The first-order valence-electron chi connectivity index (χ1n) is 4.00. The number of aryl methyl sites for hydroxylation is 1. The van der Waals surface area contributed by atoms with Gasteiger partial charge in [0.2, 0.25) is 5.76 Å². The Bertz CT molecular complexity index is 302. The van der Waals surface area contributed by atoms with Crippen molar-refractivity contribution in [2.75, 3.05) is 0 Å². The minimum absolute atomic E-state index is 0.155. The molecular formula is C8H10N2O2. The predicted octanol–water partition coefficient (Wildman–Crippen LogP) is 0.875. The molecule has 0 aliphatic heterocycles. The molecule has 1 saturated carbocycles. The summed E-state index contributed by atoms with van der Waals surface area (Å²) in [6.45, 7) is 1.79. The molecule has 0 bridgehead atoms. The monoisotopic (exact) mass is 166 g/mol. The Labute approximate surface area is 69.9 Å². The van der Waals surface area contributed by atoms with Gasteiger partial charge in [0.25, 0.3) is 5.91 Å². The lowest BCUT2D eigenvalue weighted by Gasteiger charge is -1.96. The maximum atomic E-state index is 11.3. The molecule has 1 aliphatic carbocycles. The molecule has 0 radical (unpaired) electrons. The fourth-order valence-electron chi connectivity index (χ4n) is 0.955. The highest BCUT2D eigenvalue weighted by Crippen LogP contribution is 2.19. The largest absolute Gasteiger partial charge is 0.351 e. The summed E-state index contributed by atoms with van der Waals surface area (Å²) in [5.41, 5.74) is 0.732. The third kappa shape index (κ3) is 1.47. The Kier molecular flexibility index (Phi) is 1.60. The van der Waals surface area contributed by atoms with Gasteiger partial charge in [0.15, 0.2) is 0 Å². The highest BCUT2D eigenvalue weighted by Gasteiger charge is 2.25. The van der Waals surface area contributed by atoms with Crippen LogP contribution in [-0.2, 0) is 0 Å². The number of amides is 1. The molecule has 1 heterocycles. The summed E-state index contributed by atoms with van der Waals surface area (Å²) in [6, 6.07) is 2.00. The van der Waals surface area contributed by atoms with Gasteiger partial charge in [0.05, 0.1) is 5.69 Å². The van der Waals surface area contributed by atoms with E-state index in [1.807, 2.05) is 0 Å². The van der Waals surface area contributed by atoms with Gasteiger partial charge in [-0.1, -0.05) is 5.16 Å². The first kappa shape index (κ1) is 7.34. The average Bonchev–Trinajstić information content (AvgIpc) is 2.72. The summed E-state index contributed by atoms with van der Waals surface area (Å²) in [7, 11) is 0. The molecule has 1 aliphatic rings. The van der Waals surface area contributed by atoms with Crippen LogP contribution < -0.4 is 5.32 Å². The maximum absolute atomic E-state index is 11.3. The van der Waals surface area contributed by atoms with Crippen molar-refractivity contribution in [2.45, 2.75) is 25.8 Å². The van der Waals surface area contributed by atoms with E-state index in [2.05, 4.69) is 10.5 Å². The number of carbonyl (C=O) groups excluding carboxylic acids is 1. The third-order valence-corrected chi connectivity index (χ3v) is 1.76. The molecule has 4 nitrogen and oxygen atoms in total. The van der Waals surface area contributed by atoms with Gasteiger partial charge in [-0.3, -0.25) is 4.79 Å². The molecule has 2 rings (SSSR count). The topological polar surface area (TPSA) is 55.1 Å². The van der Waals surface area contributed by atoms with Gasteiger partial charge in [-0.25, -0.2) is 0 Å². The second-order valence-electron chi connectivity index (χ2n) is 3.08. The van der Waals surface area contributed by atoms with Crippen LogP contribution >= 0.6 is 0 Å². The lowest BCUT2D eigenvalue weighted by atomic mass is 10.3. The Hall–Kier alpha value is -1.32. The van der Waals surface area contributed by atoms with E-state index in [1.54, 1.807) is 13.0 Å². The highest BCUT2D eigenvalue weighted by atomic mass is 16.5. The smallest absolute Gasteiger partial charge is 0.290 e. The maximum Gasteiger partial charge on any atom is 0.290 e. The molecule has 1 fully saturated rings. The Morgan fingerprint density at radius 1 is 1.75 bits per heavy atom. The zero-order valence-electron chi connectivity index (χ0n) is 6.83. The molecule has 64 valence electrons. The first-order chi connectivity index (χ1) is 5.75. The van der Waals surface area contributed by atoms with Crippen LogP contribution in [0.25, 0.3) is 0 Å². The van der Waals surface area contributed by atoms with Gasteiger partial charge in [-0.15, -0.1) is 0 Å². The van der Waals surface area contributed by atoms with Gasteiger partial charge in [-0.05, 0) is 19.8 Å². The zero-order valence-corrected chi connectivity index (χ0v) is 6.83. The third-order valence-electron chi connectivity index (χ3n) is 1.76. The van der Waals surface area contributed by atoms with Crippen LogP contribution in [0.4, 0.5) is 0 Å². The molecule has 12 heavy (non-hydrogen) atoms. The van der Waals surface area contributed by atoms with Crippen LogP contribution in [0.2, 0.25) is 0 Å². The summed E-state index contributed by atoms with van der Waals surface area (Å²) >= 11 is 0. The normalized spacial score (nSPS) is 16.1. The van der Waals surface area contributed by atoms with Crippen LogP contribution in [0.3, 0.4) is 0 Å². The first-order valence-corrected chi connectivity index (χ1v) is 4.00. The summed E-state index contributed by atoms with van der Waals surface area (Å²) in [5.74, 6) is 0.150. The quantitative estimate of drug-likeness (QED) is 0.709. The number of aromatic nitrogens is 1. The van der Waals surface area contributed by atoms with E-state index in [1.165, 1.54) is 0 Å². The molecule has 0 aromatic carbocycles. The van der Waals surface area contributed by atoms with Crippen LogP contribution in [-0.4, -0.2) is 17.1 Å². The molecule has 1 N–H and O–H groups in total. The van der Waals surface area contributed by atoms with E-state index in [4.69, 9.17) is 4.52 Å². The minimum atomic E-state index is -0.155. The second kappa shape index (κ2) is 2.62. The van der Waals surface area contributed by atoms with Crippen molar-refractivity contribution < 1.29 is 9.32 Å². The summed E-state index contributed by atoms with van der Waals surface area (Å²) < 4.78 is 4.79. The average molecular weight is 166 g/mol. The van der Waals surface area contributed by atoms with Gasteiger partial charge in [0.1, 0.15) is 0 Å². The molecule has 4 heteroatoms. The number of hydrogen-bond donors (Lipinski definition) is 1. The van der Waals surface area contributed by atoms with Gasteiger partial charge in [0, 0.05) is 12.1 Å². The van der Waals surface area contributed by atoms with E-state index < -0.39 is 0 Å². The zero-order chi connectivity index (χ0) is 8.55. The highest BCUT2D eigenvalue weighted by molar-refractivity contribution is 5.91. The SMILES string of the molecule is Cc1cc(C(=O)NC2CC2)on1. The van der Waals surface area contributed by atoms with Crippen molar-refractivity contribution in [3.05, 3.63) is 17.5 Å². The van der Waals surface area contributed by atoms with Crippen molar-refractivity contribution in [3.63, 3.8) is 0 Å². The van der Waals surface area contributed by atoms with Crippen molar-refractivity contribution >= 4 is 5.91 Å². The van der Waals surface area contributed by atoms with Crippen molar-refractivity contribution in [3.8, 4) is 0 Å². The summed E-state index contributed by atoms with van der Waals surface area (Å²) in [4.78, 5) is 11.3. The molecule has 0 saturated heterocycles. The fourth-order valence-corrected chi connectivity index (χ4v) is 0.955. The number of nitrogens with zero attached hydrogens (tertiary/aromatic N) is 1. The lowest BCUT2D eigenvalue weighted by Crippen LogP contribution is -2.24. The molecule has 0 atom stereocenters. The second-order valence-corrected chi connectivity index (χ2v) is 3.08. The Balaban J connectivity index is 2.03. The molecular weight excluding hydrogens is 156 g/mol. The van der Waals surface area contributed by atoms with Gasteiger partial charge in [-0.2, -0.15) is 0 Å². The van der Waals surface area contributed by atoms with Crippen LogP contribution in [0.15, 0.2) is 10.6 Å². The molecule has 1 amide bonds. The van der Waals surface area contributed by atoms with Crippen molar-refractivity contribution in [1.29, 1.82) is 0 Å². The predicted molar refractivity (Wildman–Crippen MR) is 41.7 cm³/mol. The van der Waals surface area contributed by atoms with Crippen molar-refractivity contribution in [2.24, 2.45) is 0 Å². The number of rotatable bonds is 2. The van der Waals surface area contributed by atoms with E-state index in [9.17, 15) is 4.79 Å². The Morgan fingerprint density at radius 2 is 2.50 bits per heavy atom. The van der Waals surface area contributed by atoms with Crippen molar-refractivity contribution in [1.82, 2.24) is 10.5 Å². The summed E-state index contributed by atoms with van der Waals surface area (Å²) in [6.07, 6.45) is 2.16. The molecule has 1 aromatic rings. The van der Waals surface area contributed by atoms with Crippen LogP contribution in [0.1, 0.15) is 29.1 Å². The minimum Gasteiger partial charge on any atom is -0.351 e. The van der Waals surface area contributed by atoms with E-state index >= 15 is 0 Å². The number of hydrogen-bond acceptors (Lipinski definition) is 3. The molecule has 0 spiro atoms. The number of nitrogens with one attached hydrogen (secondary N) is 1. The fraction of sp³-hybridized carbons (Fsp3) is 0.500. The van der Waals surface area contributed by atoms with E-state index in [-0.39, 0.29) is 5.91 Å². The number of carbonyl (C=O) groups is 1. The molecule has 0 unspecified atom stereocenters. The van der Waals surface area contributed by atoms with Gasteiger partial charge < -0.3 is 9.84 Å².